The molecule has 0 unspecified atom stereocenters. The van der Waals surface area contributed by atoms with Crippen molar-refractivity contribution >= 4 is 40.5 Å². The molecular formula is C17H20Cl2N4O. The minimum absolute atomic E-state index is 0.301. The third-order valence-corrected chi connectivity index (χ3v) is 4.02. The number of rotatable bonds is 7. The minimum atomic E-state index is -0.301. The second kappa shape index (κ2) is 8.87. The van der Waals surface area contributed by atoms with Crippen LogP contribution in [0, 0.1) is 0 Å². The van der Waals surface area contributed by atoms with Crippen molar-refractivity contribution in [3.05, 3.63) is 52.3 Å². The van der Waals surface area contributed by atoms with Gasteiger partial charge in [-0.3, -0.25) is 9.78 Å². The molecule has 2 N–H and O–H groups in total. The second-order valence-corrected chi connectivity index (χ2v) is 6.41. The van der Waals surface area contributed by atoms with Crippen LogP contribution >= 0.6 is 23.2 Å². The van der Waals surface area contributed by atoms with Crippen LogP contribution in [-0.2, 0) is 0 Å². The van der Waals surface area contributed by atoms with E-state index in [0.717, 1.165) is 25.2 Å². The predicted molar refractivity (Wildman–Crippen MR) is 100 cm³/mol. The molecule has 24 heavy (non-hydrogen) atoms. The van der Waals surface area contributed by atoms with Crippen molar-refractivity contribution in [2.75, 3.05) is 37.8 Å². The summed E-state index contributed by atoms with van der Waals surface area (Å²) in [5, 5.41) is 6.88. The Labute approximate surface area is 152 Å². The molecule has 1 aromatic heterocycles. The molecule has 128 valence electrons. The first-order valence-corrected chi connectivity index (χ1v) is 8.32. The number of hydrogen-bond donors (Lipinski definition) is 2. The molecule has 5 nitrogen and oxygen atoms in total. The van der Waals surface area contributed by atoms with Gasteiger partial charge < -0.3 is 15.5 Å². The Morgan fingerprint density at radius 3 is 2.62 bits per heavy atom. The lowest BCUT2D eigenvalue weighted by atomic mass is 10.2. The monoisotopic (exact) mass is 366 g/mol. The van der Waals surface area contributed by atoms with E-state index in [-0.39, 0.29) is 5.91 Å². The number of aromatic nitrogens is 1. The summed E-state index contributed by atoms with van der Waals surface area (Å²) in [6, 6.07) is 8.49. The second-order valence-electron chi connectivity index (χ2n) is 5.60. The van der Waals surface area contributed by atoms with Crippen LogP contribution in [0.1, 0.15) is 16.9 Å². The van der Waals surface area contributed by atoms with Crippen LogP contribution < -0.4 is 10.6 Å². The largest absolute Gasteiger partial charge is 0.385 e. The average molecular weight is 367 g/mol. The van der Waals surface area contributed by atoms with E-state index < -0.39 is 0 Å². The third-order valence-electron chi connectivity index (χ3n) is 3.28. The molecule has 2 rings (SSSR count). The van der Waals surface area contributed by atoms with Crippen LogP contribution in [0.3, 0.4) is 0 Å². The van der Waals surface area contributed by atoms with E-state index in [1.54, 1.807) is 30.5 Å². The molecule has 0 spiro atoms. The summed E-state index contributed by atoms with van der Waals surface area (Å²) in [6.45, 7) is 1.83. The van der Waals surface area contributed by atoms with E-state index in [0.29, 0.717) is 21.4 Å². The summed E-state index contributed by atoms with van der Waals surface area (Å²) in [4.78, 5) is 18.5. The van der Waals surface area contributed by atoms with Crippen molar-refractivity contribution in [2.24, 2.45) is 0 Å². The van der Waals surface area contributed by atoms with E-state index in [9.17, 15) is 4.79 Å². The number of nitrogens with zero attached hydrogens (tertiary/aromatic N) is 2. The van der Waals surface area contributed by atoms with Crippen molar-refractivity contribution in [1.82, 2.24) is 9.88 Å². The lowest BCUT2D eigenvalue weighted by molar-refractivity contribution is 0.102. The molecule has 0 aliphatic heterocycles. The first kappa shape index (κ1) is 18.5. The standard InChI is InChI=1S/C17H20Cl2N4O/c1-23(2)9-3-7-20-12-6-8-21-16(11-12)17(24)22-13-4-5-14(18)15(19)10-13/h4-6,8,10-11H,3,7,9H2,1-2H3,(H,20,21)(H,22,24). The van der Waals surface area contributed by atoms with Gasteiger partial charge >= 0.3 is 0 Å². The summed E-state index contributed by atoms with van der Waals surface area (Å²) in [5.74, 6) is -0.301. The van der Waals surface area contributed by atoms with Gasteiger partial charge in [0.2, 0.25) is 0 Å². The Balaban J connectivity index is 1.96. The van der Waals surface area contributed by atoms with Gasteiger partial charge in [0.05, 0.1) is 10.0 Å². The lowest BCUT2D eigenvalue weighted by Crippen LogP contribution is -2.17. The van der Waals surface area contributed by atoms with Crippen molar-refractivity contribution < 1.29 is 4.79 Å². The van der Waals surface area contributed by atoms with Crippen molar-refractivity contribution in [1.29, 1.82) is 0 Å². The molecule has 0 aliphatic carbocycles. The number of pyridine rings is 1. The van der Waals surface area contributed by atoms with E-state index in [1.165, 1.54) is 0 Å². The number of carbonyl (C=O) groups excluding carboxylic acids is 1. The number of carbonyl (C=O) groups is 1. The first-order chi connectivity index (χ1) is 11.5. The Bertz CT molecular complexity index is 707. The van der Waals surface area contributed by atoms with Gasteiger partial charge in [0.1, 0.15) is 5.69 Å². The fourth-order valence-corrected chi connectivity index (χ4v) is 2.36. The maximum Gasteiger partial charge on any atom is 0.274 e. The van der Waals surface area contributed by atoms with E-state index in [4.69, 9.17) is 23.2 Å². The van der Waals surface area contributed by atoms with Crippen LogP contribution in [-0.4, -0.2) is 43.0 Å². The van der Waals surface area contributed by atoms with Gasteiger partial charge in [-0.1, -0.05) is 23.2 Å². The van der Waals surface area contributed by atoms with Crippen molar-refractivity contribution in [3.63, 3.8) is 0 Å². The third kappa shape index (κ3) is 5.67. The fourth-order valence-electron chi connectivity index (χ4n) is 2.06. The zero-order valence-electron chi connectivity index (χ0n) is 13.6. The van der Waals surface area contributed by atoms with Gasteiger partial charge in [0, 0.05) is 24.1 Å². The number of halogens is 2. The maximum atomic E-state index is 12.3. The Morgan fingerprint density at radius 1 is 1.12 bits per heavy atom. The van der Waals surface area contributed by atoms with Crippen LogP contribution in [0.2, 0.25) is 10.0 Å². The molecule has 1 aromatic carbocycles. The zero-order chi connectivity index (χ0) is 17.5. The summed E-state index contributed by atoms with van der Waals surface area (Å²) in [7, 11) is 4.08. The first-order valence-electron chi connectivity index (χ1n) is 7.57. The Morgan fingerprint density at radius 2 is 1.92 bits per heavy atom. The van der Waals surface area contributed by atoms with E-state index in [1.807, 2.05) is 20.2 Å². The molecule has 0 saturated heterocycles. The summed E-state index contributed by atoms with van der Waals surface area (Å²) >= 11 is 11.8. The van der Waals surface area contributed by atoms with Gasteiger partial charge in [0.25, 0.3) is 5.91 Å². The zero-order valence-corrected chi connectivity index (χ0v) is 15.2. The van der Waals surface area contributed by atoms with E-state index >= 15 is 0 Å². The highest BCUT2D eigenvalue weighted by Crippen LogP contribution is 2.25. The molecule has 2 aromatic rings. The quantitative estimate of drug-likeness (QED) is 0.727. The van der Waals surface area contributed by atoms with Gasteiger partial charge in [-0.25, -0.2) is 0 Å². The lowest BCUT2D eigenvalue weighted by Gasteiger charge is -2.11. The number of hydrogen-bond acceptors (Lipinski definition) is 4. The fraction of sp³-hybridized carbons (Fsp3) is 0.294. The van der Waals surface area contributed by atoms with Crippen LogP contribution in [0.4, 0.5) is 11.4 Å². The van der Waals surface area contributed by atoms with Gasteiger partial charge in [0.15, 0.2) is 0 Å². The Kier molecular flexibility index (Phi) is 6.85. The molecular weight excluding hydrogens is 347 g/mol. The van der Waals surface area contributed by atoms with Crippen molar-refractivity contribution in [3.8, 4) is 0 Å². The highest BCUT2D eigenvalue weighted by molar-refractivity contribution is 6.42. The predicted octanol–water partition coefficient (Wildman–Crippen LogP) is 4.00. The topological polar surface area (TPSA) is 57.3 Å². The van der Waals surface area contributed by atoms with Crippen molar-refractivity contribution in [2.45, 2.75) is 6.42 Å². The summed E-state index contributed by atoms with van der Waals surface area (Å²) in [5.41, 5.74) is 1.77. The number of benzene rings is 1. The Hall–Kier alpha value is -1.82. The molecule has 0 fully saturated rings. The number of nitrogens with one attached hydrogen (secondary N) is 2. The van der Waals surface area contributed by atoms with Gasteiger partial charge in [-0.05, 0) is 57.4 Å². The highest BCUT2D eigenvalue weighted by atomic mass is 35.5. The number of anilines is 2. The molecule has 0 aliphatic rings. The molecule has 0 bridgehead atoms. The van der Waals surface area contributed by atoms with E-state index in [2.05, 4.69) is 20.5 Å². The summed E-state index contributed by atoms with van der Waals surface area (Å²) < 4.78 is 0. The molecule has 0 saturated carbocycles. The molecule has 0 radical (unpaired) electrons. The average Bonchev–Trinajstić information content (AvgIpc) is 2.55. The smallest absolute Gasteiger partial charge is 0.274 e. The summed E-state index contributed by atoms with van der Waals surface area (Å²) in [6.07, 6.45) is 2.62. The molecule has 1 amide bonds. The van der Waals surface area contributed by atoms with Crippen LogP contribution in [0.5, 0.6) is 0 Å². The minimum Gasteiger partial charge on any atom is -0.385 e. The number of amides is 1. The highest BCUT2D eigenvalue weighted by Gasteiger charge is 2.09. The molecule has 0 atom stereocenters. The molecule has 7 heteroatoms. The van der Waals surface area contributed by atoms with Gasteiger partial charge in [-0.2, -0.15) is 0 Å². The maximum absolute atomic E-state index is 12.3. The van der Waals surface area contributed by atoms with Crippen LogP contribution in [0.15, 0.2) is 36.5 Å². The molecule has 1 heterocycles. The van der Waals surface area contributed by atoms with Crippen LogP contribution in [0.25, 0.3) is 0 Å². The SMILES string of the molecule is CN(C)CCCNc1ccnc(C(=O)Nc2ccc(Cl)c(Cl)c2)c1. The van der Waals surface area contributed by atoms with Gasteiger partial charge in [-0.15, -0.1) is 0 Å². The normalized spacial score (nSPS) is 10.7.